The van der Waals surface area contributed by atoms with E-state index < -0.39 is 15.7 Å². The lowest BCUT2D eigenvalue weighted by Gasteiger charge is -2.18. The summed E-state index contributed by atoms with van der Waals surface area (Å²) in [5.74, 6) is -0.167. The minimum absolute atomic E-state index is 0.0503. The van der Waals surface area contributed by atoms with Crippen LogP contribution in [0.3, 0.4) is 0 Å². The van der Waals surface area contributed by atoms with Crippen LogP contribution >= 0.6 is 0 Å². The number of aromatic nitrogens is 2. The molecule has 1 unspecified atom stereocenters. The van der Waals surface area contributed by atoms with Gasteiger partial charge in [-0.3, -0.25) is 9.69 Å². The van der Waals surface area contributed by atoms with Gasteiger partial charge in [0.2, 0.25) is 11.1 Å². The zero-order chi connectivity index (χ0) is 20.5. The lowest BCUT2D eigenvalue weighted by atomic mass is 10.1. The van der Waals surface area contributed by atoms with Gasteiger partial charge in [0.1, 0.15) is 21.4 Å². The summed E-state index contributed by atoms with van der Waals surface area (Å²) in [6, 6.07) is 6.65. The van der Waals surface area contributed by atoms with Crippen LogP contribution in [-0.4, -0.2) is 38.9 Å². The third-order valence-corrected chi connectivity index (χ3v) is 6.14. The largest absolute Gasteiger partial charge is 0.465 e. The molecule has 28 heavy (non-hydrogen) atoms. The van der Waals surface area contributed by atoms with Gasteiger partial charge in [0.25, 0.3) is 0 Å². The summed E-state index contributed by atoms with van der Waals surface area (Å²) in [6.45, 7) is 2.02. The van der Waals surface area contributed by atoms with E-state index in [0.717, 1.165) is 5.56 Å². The number of esters is 1. The van der Waals surface area contributed by atoms with Gasteiger partial charge in [0.05, 0.1) is 25.6 Å². The van der Waals surface area contributed by atoms with Crippen LogP contribution in [0.2, 0.25) is 0 Å². The predicted molar refractivity (Wildman–Crippen MR) is 103 cm³/mol. The number of methoxy groups -OCH3 is 1. The predicted octanol–water partition coefficient (Wildman–Crippen LogP) is 1.75. The number of nitrogens with zero attached hydrogens (tertiary/aromatic N) is 3. The quantitative estimate of drug-likeness (QED) is 0.553. The van der Waals surface area contributed by atoms with E-state index >= 15 is 0 Å². The summed E-state index contributed by atoms with van der Waals surface area (Å²) >= 11 is 0. The van der Waals surface area contributed by atoms with Gasteiger partial charge in [-0.2, -0.15) is 0 Å². The highest BCUT2D eigenvalue weighted by Gasteiger charge is 2.33. The van der Waals surface area contributed by atoms with E-state index in [9.17, 15) is 13.8 Å². The molecule has 0 saturated carbocycles. The molecule has 3 rings (SSSR count). The number of nitrogen functional groups attached to an aromatic ring is 1. The number of carbonyl (C=O) groups excluding carboxylic acids is 2. The van der Waals surface area contributed by atoms with Crippen molar-refractivity contribution in [3.05, 3.63) is 41.0 Å². The average Bonchev–Trinajstić information content (AvgIpc) is 2.98. The Labute approximate surface area is 162 Å². The fraction of sp³-hybridized carbons (Fsp3) is 0.333. The van der Waals surface area contributed by atoms with Crippen molar-refractivity contribution in [1.29, 1.82) is 4.78 Å². The molecule has 3 N–H and O–H groups in total. The minimum Gasteiger partial charge on any atom is -0.465 e. The third-order valence-electron chi connectivity index (χ3n) is 4.38. The van der Waals surface area contributed by atoms with Crippen LogP contribution in [0.1, 0.15) is 34.8 Å². The highest BCUT2D eigenvalue weighted by Crippen LogP contribution is 2.32. The van der Waals surface area contributed by atoms with Crippen LogP contribution in [0.4, 0.5) is 11.6 Å². The van der Waals surface area contributed by atoms with Crippen LogP contribution < -0.4 is 10.6 Å². The van der Waals surface area contributed by atoms with Gasteiger partial charge < -0.3 is 10.5 Å². The molecule has 1 aromatic heterocycles. The van der Waals surface area contributed by atoms with Crippen LogP contribution in [-0.2, 0) is 32.2 Å². The second-order valence-corrected chi connectivity index (χ2v) is 8.54. The number of fused-ring (bicyclic) bond motifs is 1. The molecular weight excluding hydrogens is 382 g/mol. The first-order chi connectivity index (χ1) is 13.3. The average molecular weight is 403 g/mol. The second kappa shape index (κ2) is 7.55. The fourth-order valence-corrected chi connectivity index (χ4v) is 4.20. The van der Waals surface area contributed by atoms with Crippen molar-refractivity contribution >= 4 is 33.2 Å². The number of rotatable bonds is 6. The van der Waals surface area contributed by atoms with Gasteiger partial charge in [-0.05, 0) is 24.1 Å². The lowest BCUT2D eigenvalue weighted by molar-refractivity contribution is -0.117. The van der Waals surface area contributed by atoms with Gasteiger partial charge in [-0.1, -0.05) is 19.1 Å². The molecule has 1 atom stereocenters. The van der Waals surface area contributed by atoms with Crippen LogP contribution in [0.25, 0.3) is 0 Å². The van der Waals surface area contributed by atoms with E-state index in [1.807, 2.05) is 6.92 Å². The molecule has 9 nitrogen and oxygen atoms in total. The Kier molecular flexibility index (Phi) is 5.32. The first-order valence-corrected chi connectivity index (χ1v) is 10.4. The van der Waals surface area contributed by atoms with Crippen molar-refractivity contribution in [2.75, 3.05) is 23.5 Å². The smallest absolute Gasteiger partial charge is 0.337 e. The van der Waals surface area contributed by atoms with Crippen molar-refractivity contribution in [3.8, 4) is 0 Å². The summed E-state index contributed by atoms with van der Waals surface area (Å²) in [5.41, 5.74) is 7.62. The third kappa shape index (κ3) is 3.68. The maximum atomic E-state index is 12.6. The van der Waals surface area contributed by atoms with E-state index in [0.29, 0.717) is 23.4 Å². The number of hydrogen-bond acceptors (Lipinski definition) is 8. The SMILES string of the molecule is CCCS(=N)(=O)c1nc(N)c2c(n1)N(Cc1ccc(C(=O)OC)cc1)C(=O)C2. The zero-order valence-corrected chi connectivity index (χ0v) is 16.4. The second-order valence-electron chi connectivity index (χ2n) is 6.42. The Morgan fingerprint density at radius 1 is 1.32 bits per heavy atom. The number of carbonyl (C=O) groups is 2. The number of ether oxygens (including phenoxy) is 1. The summed E-state index contributed by atoms with van der Waals surface area (Å²) in [5, 5.41) is -0.147. The molecule has 0 saturated heterocycles. The molecular formula is C18H21N5O4S. The van der Waals surface area contributed by atoms with Gasteiger partial charge >= 0.3 is 5.97 Å². The van der Waals surface area contributed by atoms with Crippen molar-refractivity contribution in [3.63, 3.8) is 0 Å². The first-order valence-electron chi connectivity index (χ1n) is 8.67. The zero-order valence-electron chi connectivity index (χ0n) is 15.6. The summed E-state index contributed by atoms with van der Waals surface area (Å²) < 4.78 is 25.3. The molecule has 0 bridgehead atoms. The van der Waals surface area contributed by atoms with Gasteiger partial charge in [0.15, 0.2) is 0 Å². The molecule has 1 amide bonds. The van der Waals surface area contributed by atoms with E-state index in [-0.39, 0.29) is 35.6 Å². The van der Waals surface area contributed by atoms with E-state index in [2.05, 4.69) is 14.7 Å². The number of anilines is 2. The number of benzene rings is 1. The van der Waals surface area contributed by atoms with Crippen molar-refractivity contribution in [1.82, 2.24) is 9.97 Å². The van der Waals surface area contributed by atoms with E-state index in [1.54, 1.807) is 24.3 Å². The molecule has 0 spiro atoms. The minimum atomic E-state index is -3.18. The summed E-state index contributed by atoms with van der Waals surface area (Å²) in [7, 11) is -1.87. The Bertz CT molecular complexity index is 1030. The van der Waals surface area contributed by atoms with Crippen molar-refractivity contribution in [2.24, 2.45) is 0 Å². The number of nitrogens with two attached hydrogens (primary N) is 1. The Morgan fingerprint density at radius 3 is 2.61 bits per heavy atom. The molecule has 148 valence electrons. The van der Waals surface area contributed by atoms with E-state index in [1.165, 1.54) is 12.0 Å². The van der Waals surface area contributed by atoms with E-state index in [4.69, 9.17) is 10.5 Å². The lowest BCUT2D eigenvalue weighted by Crippen LogP contribution is -2.27. The summed E-state index contributed by atoms with van der Waals surface area (Å²) in [4.78, 5) is 33.8. The first kappa shape index (κ1) is 19.7. The molecule has 1 aliphatic rings. The van der Waals surface area contributed by atoms with Crippen LogP contribution in [0.15, 0.2) is 29.4 Å². The molecule has 0 radical (unpaired) electrons. The molecule has 10 heteroatoms. The standard InChI is InChI=1S/C18H21N5O4S/c1-3-8-28(20,26)18-21-15(19)13-9-14(24)23(16(13)22-18)10-11-4-6-12(7-5-11)17(25)27-2/h4-7,20H,3,8-10H2,1-2H3,(H2,19,21,22). The van der Waals surface area contributed by atoms with Gasteiger partial charge in [0, 0.05) is 11.3 Å². The van der Waals surface area contributed by atoms with Crippen molar-refractivity contribution in [2.45, 2.75) is 31.5 Å². The molecule has 0 aliphatic carbocycles. The highest BCUT2D eigenvalue weighted by atomic mass is 32.2. The Balaban J connectivity index is 1.94. The molecule has 0 fully saturated rings. The summed E-state index contributed by atoms with van der Waals surface area (Å²) in [6.07, 6.45) is 0.590. The molecule has 1 aromatic carbocycles. The molecule has 1 aliphatic heterocycles. The van der Waals surface area contributed by atoms with Gasteiger partial charge in [-0.25, -0.2) is 23.8 Å². The van der Waals surface area contributed by atoms with Crippen molar-refractivity contribution < 1.29 is 18.5 Å². The molecule has 2 heterocycles. The fourth-order valence-electron chi connectivity index (χ4n) is 2.96. The number of hydrogen-bond donors (Lipinski definition) is 2. The topological polar surface area (TPSA) is 139 Å². The number of amides is 1. The monoisotopic (exact) mass is 403 g/mol. The van der Waals surface area contributed by atoms with Crippen LogP contribution in [0.5, 0.6) is 0 Å². The maximum absolute atomic E-state index is 12.6. The Morgan fingerprint density at radius 2 is 2.00 bits per heavy atom. The maximum Gasteiger partial charge on any atom is 0.337 e. The van der Waals surface area contributed by atoms with Gasteiger partial charge in [-0.15, -0.1) is 0 Å². The normalized spacial score (nSPS) is 15.2. The van der Waals surface area contributed by atoms with Crippen LogP contribution in [0, 0.1) is 4.78 Å². The Hall–Kier alpha value is -3.01. The highest BCUT2D eigenvalue weighted by molar-refractivity contribution is 7.92. The number of nitrogens with one attached hydrogen (secondary N) is 1. The molecule has 2 aromatic rings.